The third-order valence-electron chi connectivity index (χ3n) is 2.57. The van der Waals surface area contributed by atoms with Crippen LogP contribution in [0, 0.1) is 0 Å². The normalized spacial score (nSPS) is 12.6. The molecular formula is C12H16N4S. The first kappa shape index (κ1) is 12.2. The largest absolute Gasteiger partial charge is 0.271 e. The van der Waals surface area contributed by atoms with E-state index in [1.807, 2.05) is 11.3 Å². The van der Waals surface area contributed by atoms with Gasteiger partial charge in [-0.2, -0.15) is 0 Å². The second-order valence-electron chi connectivity index (χ2n) is 3.75. The molecule has 4 nitrogen and oxygen atoms in total. The number of thiophene rings is 1. The van der Waals surface area contributed by atoms with Crippen LogP contribution in [0.1, 0.15) is 28.5 Å². The van der Waals surface area contributed by atoms with Crippen LogP contribution in [0.2, 0.25) is 0 Å². The molecular weight excluding hydrogens is 232 g/mol. The third kappa shape index (κ3) is 3.09. The number of hydrogen-bond acceptors (Lipinski definition) is 5. The third-order valence-corrected chi connectivity index (χ3v) is 3.82. The minimum Gasteiger partial charge on any atom is -0.271 e. The Bertz CT molecular complexity index is 455. The molecule has 1 atom stereocenters. The van der Waals surface area contributed by atoms with Crippen LogP contribution in [0.25, 0.3) is 0 Å². The van der Waals surface area contributed by atoms with Gasteiger partial charge in [-0.25, -0.2) is 15.4 Å². The topological polar surface area (TPSA) is 63.8 Å². The van der Waals surface area contributed by atoms with Crippen molar-refractivity contribution in [2.45, 2.75) is 25.8 Å². The van der Waals surface area contributed by atoms with Gasteiger partial charge in [-0.1, -0.05) is 6.92 Å². The minimum atomic E-state index is -0.0282. The maximum absolute atomic E-state index is 5.57. The van der Waals surface area contributed by atoms with E-state index in [0.29, 0.717) is 0 Å². The molecule has 2 heterocycles. The second-order valence-corrected chi connectivity index (χ2v) is 5.00. The Kier molecular flexibility index (Phi) is 4.19. The standard InChI is InChI=1S/C12H16N4S/c1-2-9-4-5-10(17-9)8-11(16-13)12-14-6-3-7-15-12/h3-7,11,16H,2,8,13H2,1H3. The Morgan fingerprint density at radius 2 is 2.00 bits per heavy atom. The van der Waals surface area contributed by atoms with Crippen molar-refractivity contribution in [1.29, 1.82) is 0 Å². The molecule has 0 aromatic carbocycles. The molecule has 3 N–H and O–H groups in total. The van der Waals surface area contributed by atoms with Crippen molar-refractivity contribution >= 4 is 11.3 Å². The lowest BCUT2D eigenvalue weighted by Gasteiger charge is -2.12. The predicted molar refractivity (Wildman–Crippen MR) is 69.5 cm³/mol. The summed E-state index contributed by atoms with van der Waals surface area (Å²) in [5.41, 5.74) is 2.78. The number of rotatable bonds is 5. The zero-order valence-corrected chi connectivity index (χ0v) is 10.6. The van der Waals surface area contributed by atoms with Crippen LogP contribution in [0.5, 0.6) is 0 Å². The lowest BCUT2D eigenvalue weighted by atomic mass is 10.2. The Hall–Kier alpha value is -1.30. The molecule has 0 spiro atoms. The molecule has 0 radical (unpaired) electrons. The summed E-state index contributed by atoms with van der Waals surface area (Å²) in [6.45, 7) is 2.16. The molecule has 2 aromatic heterocycles. The molecule has 0 saturated heterocycles. The molecule has 0 saturated carbocycles. The Morgan fingerprint density at radius 1 is 1.29 bits per heavy atom. The first-order valence-electron chi connectivity index (χ1n) is 5.64. The summed E-state index contributed by atoms with van der Waals surface area (Å²) < 4.78 is 0. The maximum Gasteiger partial charge on any atom is 0.146 e. The quantitative estimate of drug-likeness (QED) is 0.626. The van der Waals surface area contributed by atoms with Crippen LogP contribution < -0.4 is 11.3 Å². The fraction of sp³-hybridized carbons (Fsp3) is 0.333. The minimum absolute atomic E-state index is 0.0282. The van der Waals surface area contributed by atoms with E-state index in [1.54, 1.807) is 18.5 Å². The zero-order valence-electron chi connectivity index (χ0n) is 9.76. The van der Waals surface area contributed by atoms with E-state index < -0.39 is 0 Å². The van der Waals surface area contributed by atoms with Crippen LogP contribution in [0.3, 0.4) is 0 Å². The van der Waals surface area contributed by atoms with Crippen LogP contribution in [-0.2, 0) is 12.8 Å². The van der Waals surface area contributed by atoms with Crippen molar-refractivity contribution in [1.82, 2.24) is 15.4 Å². The SMILES string of the molecule is CCc1ccc(CC(NN)c2ncccn2)s1. The van der Waals surface area contributed by atoms with Gasteiger partial charge in [0, 0.05) is 28.6 Å². The highest BCUT2D eigenvalue weighted by Gasteiger charge is 2.14. The fourth-order valence-electron chi connectivity index (χ4n) is 1.64. The number of aryl methyl sites for hydroxylation is 1. The lowest BCUT2D eigenvalue weighted by molar-refractivity contribution is 0.526. The number of nitrogens with zero attached hydrogens (tertiary/aromatic N) is 2. The first-order chi connectivity index (χ1) is 8.33. The van der Waals surface area contributed by atoms with E-state index in [4.69, 9.17) is 5.84 Å². The van der Waals surface area contributed by atoms with Crippen LogP contribution in [-0.4, -0.2) is 9.97 Å². The number of hydrogen-bond donors (Lipinski definition) is 2. The number of nitrogens with two attached hydrogens (primary N) is 1. The van der Waals surface area contributed by atoms with E-state index >= 15 is 0 Å². The van der Waals surface area contributed by atoms with Gasteiger partial charge < -0.3 is 0 Å². The van der Waals surface area contributed by atoms with Crippen LogP contribution >= 0.6 is 11.3 Å². The lowest BCUT2D eigenvalue weighted by Crippen LogP contribution is -2.30. The van der Waals surface area contributed by atoms with Gasteiger partial charge in [-0.3, -0.25) is 5.84 Å². The summed E-state index contributed by atoms with van der Waals surface area (Å²) in [4.78, 5) is 11.1. The van der Waals surface area contributed by atoms with E-state index in [-0.39, 0.29) is 6.04 Å². The van der Waals surface area contributed by atoms with Gasteiger partial charge in [0.1, 0.15) is 5.82 Å². The van der Waals surface area contributed by atoms with Gasteiger partial charge in [0.25, 0.3) is 0 Å². The molecule has 1 unspecified atom stereocenters. The van der Waals surface area contributed by atoms with E-state index in [9.17, 15) is 0 Å². The molecule has 17 heavy (non-hydrogen) atoms. The highest BCUT2D eigenvalue weighted by atomic mass is 32.1. The van der Waals surface area contributed by atoms with Crippen molar-refractivity contribution in [3.8, 4) is 0 Å². The summed E-state index contributed by atoms with van der Waals surface area (Å²) in [6.07, 6.45) is 5.37. The summed E-state index contributed by atoms with van der Waals surface area (Å²) >= 11 is 1.82. The maximum atomic E-state index is 5.57. The highest BCUT2D eigenvalue weighted by molar-refractivity contribution is 7.11. The van der Waals surface area contributed by atoms with Crippen molar-refractivity contribution in [3.05, 3.63) is 46.2 Å². The molecule has 0 aliphatic rings. The molecule has 0 bridgehead atoms. The van der Waals surface area contributed by atoms with Gasteiger partial charge in [0.05, 0.1) is 6.04 Å². The average Bonchev–Trinajstić information content (AvgIpc) is 2.84. The van der Waals surface area contributed by atoms with E-state index in [1.165, 1.54) is 9.75 Å². The predicted octanol–water partition coefficient (Wildman–Crippen LogP) is 1.85. The second kappa shape index (κ2) is 5.86. The monoisotopic (exact) mass is 248 g/mol. The van der Waals surface area contributed by atoms with Crippen molar-refractivity contribution in [3.63, 3.8) is 0 Å². The van der Waals surface area contributed by atoms with Crippen molar-refractivity contribution < 1.29 is 0 Å². The number of nitrogens with one attached hydrogen (secondary N) is 1. The Morgan fingerprint density at radius 3 is 2.59 bits per heavy atom. The summed E-state index contributed by atoms with van der Waals surface area (Å²) in [5.74, 6) is 6.30. The molecule has 5 heteroatoms. The van der Waals surface area contributed by atoms with Gasteiger partial charge in [0.2, 0.25) is 0 Å². The summed E-state index contributed by atoms with van der Waals surface area (Å²) in [7, 11) is 0. The first-order valence-corrected chi connectivity index (χ1v) is 6.45. The summed E-state index contributed by atoms with van der Waals surface area (Å²) in [5, 5.41) is 0. The number of aromatic nitrogens is 2. The molecule has 2 rings (SSSR count). The Labute approximate surface area is 105 Å². The van der Waals surface area contributed by atoms with Gasteiger partial charge in [-0.15, -0.1) is 11.3 Å². The summed E-state index contributed by atoms with van der Waals surface area (Å²) in [6, 6.07) is 6.09. The van der Waals surface area contributed by atoms with Gasteiger partial charge >= 0.3 is 0 Å². The molecule has 0 aliphatic carbocycles. The molecule has 90 valence electrons. The highest BCUT2D eigenvalue weighted by Crippen LogP contribution is 2.22. The van der Waals surface area contributed by atoms with Gasteiger partial charge in [-0.05, 0) is 24.6 Å². The molecule has 0 fully saturated rings. The Balaban J connectivity index is 2.10. The van der Waals surface area contributed by atoms with Crippen LogP contribution in [0.15, 0.2) is 30.6 Å². The number of hydrazine groups is 1. The zero-order chi connectivity index (χ0) is 12.1. The van der Waals surface area contributed by atoms with Crippen molar-refractivity contribution in [2.24, 2.45) is 5.84 Å². The fourth-order valence-corrected chi connectivity index (χ4v) is 2.64. The van der Waals surface area contributed by atoms with E-state index in [0.717, 1.165) is 18.7 Å². The van der Waals surface area contributed by atoms with E-state index in [2.05, 4.69) is 34.5 Å². The molecule has 0 amide bonds. The van der Waals surface area contributed by atoms with Gasteiger partial charge in [0.15, 0.2) is 0 Å². The molecule has 0 aliphatic heterocycles. The molecule has 2 aromatic rings. The van der Waals surface area contributed by atoms with Crippen LogP contribution in [0.4, 0.5) is 0 Å². The smallest absolute Gasteiger partial charge is 0.146 e. The van der Waals surface area contributed by atoms with Crippen molar-refractivity contribution in [2.75, 3.05) is 0 Å². The average molecular weight is 248 g/mol.